The molecule has 1 amide bonds. The average molecular weight is 286 g/mol. The number of hydrazine groups is 1. The first-order chi connectivity index (χ1) is 8.79. The van der Waals surface area contributed by atoms with E-state index in [4.69, 9.17) is 11.6 Å². The molecule has 7 nitrogen and oxygen atoms in total. The van der Waals surface area contributed by atoms with Crippen molar-refractivity contribution in [1.82, 2.24) is 4.72 Å². The van der Waals surface area contributed by atoms with Crippen molar-refractivity contribution in [3.8, 4) is 0 Å². The zero-order valence-corrected chi connectivity index (χ0v) is 11.6. The fourth-order valence-electron chi connectivity index (χ4n) is 1.57. The van der Waals surface area contributed by atoms with Crippen molar-refractivity contribution in [2.24, 2.45) is 17.5 Å². The molecule has 0 aromatic heterocycles. The minimum Gasteiger partial charge on any atom is -0.368 e. The monoisotopic (exact) mass is 286 g/mol. The number of rotatable bonds is 6. The highest BCUT2D eigenvalue weighted by Gasteiger charge is 2.27. The smallest absolute Gasteiger partial charge is 0.243 e. The molecule has 1 atom stereocenters. The molecular formula is C11H18N4O3S. The topological polar surface area (TPSA) is 127 Å². The van der Waals surface area contributed by atoms with E-state index in [1.54, 1.807) is 26.0 Å². The van der Waals surface area contributed by atoms with Gasteiger partial charge in [0.15, 0.2) is 0 Å². The molecule has 0 aliphatic carbocycles. The van der Waals surface area contributed by atoms with E-state index in [2.05, 4.69) is 10.1 Å². The van der Waals surface area contributed by atoms with Crippen LogP contribution in [0.1, 0.15) is 13.8 Å². The maximum atomic E-state index is 12.2. The highest BCUT2D eigenvalue weighted by molar-refractivity contribution is 7.89. The lowest BCUT2D eigenvalue weighted by molar-refractivity contribution is -0.120. The predicted molar refractivity (Wildman–Crippen MR) is 72.4 cm³/mol. The minimum absolute atomic E-state index is 0.0376. The third-order valence-electron chi connectivity index (χ3n) is 2.59. The van der Waals surface area contributed by atoms with Gasteiger partial charge in [-0.1, -0.05) is 26.0 Å². The molecule has 0 aliphatic heterocycles. The Morgan fingerprint density at radius 2 is 1.84 bits per heavy atom. The first kappa shape index (κ1) is 15.4. The average Bonchev–Trinajstić information content (AvgIpc) is 2.35. The number of sulfonamides is 1. The highest BCUT2D eigenvalue weighted by atomic mass is 32.2. The maximum absolute atomic E-state index is 12.2. The van der Waals surface area contributed by atoms with Gasteiger partial charge in [0.05, 0.1) is 5.69 Å². The van der Waals surface area contributed by atoms with Crippen molar-refractivity contribution in [1.29, 1.82) is 0 Å². The van der Waals surface area contributed by atoms with Crippen molar-refractivity contribution >= 4 is 21.6 Å². The molecule has 1 unspecified atom stereocenters. The molecule has 1 aromatic carbocycles. The molecule has 0 saturated heterocycles. The molecule has 6 N–H and O–H groups in total. The first-order valence-electron chi connectivity index (χ1n) is 5.67. The van der Waals surface area contributed by atoms with Crippen molar-refractivity contribution in [3.05, 3.63) is 24.3 Å². The van der Waals surface area contributed by atoms with Gasteiger partial charge in [-0.2, -0.15) is 4.72 Å². The molecule has 0 spiro atoms. The van der Waals surface area contributed by atoms with E-state index in [1.807, 2.05) is 0 Å². The molecule has 0 saturated carbocycles. The summed E-state index contributed by atoms with van der Waals surface area (Å²) < 4.78 is 26.7. The summed E-state index contributed by atoms with van der Waals surface area (Å²) in [5.74, 6) is 4.28. The van der Waals surface area contributed by atoms with Gasteiger partial charge in [-0.05, 0) is 18.1 Å². The van der Waals surface area contributed by atoms with Crippen molar-refractivity contribution < 1.29 is 13.2 Å². The number of nitrogen functional groups attached to an aromatic ring is 1. The lowest BCUT2D eigenvalue weighted by Gasteiger charge is -2.19. The Morgan fingerprint density at radius 1 is 1.26 bits per heavy atom. The van der Waals surface area contributed by atoms with E-state index in [0.717, 1.165) is 0 Å². The quantitative estimate of drug-likeness (QED) is 0.424. The molecule has 1 aromatic rings. The van der Waals surface area contributed by atoms with E-state index in [9.17, 15) is 13.2 Å². The number of hydrogen-bond donors (Lipinski definition) is 4. The number of carbonyl (C=O) groups is 1. The van der Waals surface area contributed by atoms with Crippen LogP contribution in [0.15, 0.2) is 29.2 Å². The van der Waals surface area contributed by atoms with Crippen LogP contribution < -0.4 is 21.7 Å². The van der Waals surface area contributed by atoms with Crippen LogP contribution in [0.4, 0.5) is 5.69 Å². The van der Waals surface area contributed by atoms with E-state index in [1.165, 1.54) is 12.1 Å². The molecule has 19 heavy (non-hydrogen) atoms. The largest absolute Gasteiger partial charge is 0.368 e. The number of primary amides is 1. The lowest BCUT2D eigenvalue weighted by atomic mass is 10.1. The summed E-state index contributed by atoms with van der Waals surface area (Å²) in [6, 6.07) is 5.13. The van der Waals surface area contributed by atoms with Gasteiger partial charge in [0, 0.05) is 0 Å². The number of hydrogen-bond acceptors (Lipinski definition) is 5. The minimum atomic E-state index is -3.89. The van der Waals surface area contributed by atoms with E-state index >= 15 is 0 Å². The van der Waals surface area contributed by atoms with E-state index in [-0.39, 0.29) is 16.5 Å². The number of benzene rings is 1. The van der Waals surface area contributed by atoms with Crippen LogP contribution in [0.25, 0.3) is 0 Å². The van der Waals surface area contributed by atoms with Crippen LogP contribution in [0.5, 0.6) is 0 Å². The standard InChI is InChI=1S/C11H18N4O3S/c1-7(2)10(11(12)16)15-19(17,18)9-6-4-3-5-8(9)14-13/h3-7,10,14-15H,13H2,1-2H3,(H2,12,16). The second-order valence-electron chi connectivity index (χ2n) is 4.39. The van der Waals surface area contributed by atoms with Crippen molar-refractivity contribution in [2.45, 2.75) is 24.8 Å². The summed E-state index contributed by atoms with van der Waals surface area (Å²) in [5, 5.41) is 0. The van der Waals surface area contributed by atoms with Crippen LogP contribution in [0, 0.1) is 5.92 Å². The number of nitrogens with one attached hydrogen (secondary N) is 2. The molecule has 1 rings (SSSR count). The van der Waals surface area contributed by atoms with Gasteiger partial charge >= 0.3 is 0 Å². The number of para-hydroxylation sites is 1. The second kappa shape index (κ2) is 6.00. The Hall–Kier alpha value is -1.64. The Kier molecular flexibility index (Phi) is 4.87. The van der Waals surface area contributed by atoms with Gasteiger partial charge in [0.1, 0.15) is 10.9 Å². The van der Waals surface area contributed by atoms with Gasteiger partial charge in [-0.3, -0.25) is 10.6 Å². The van der Waals surface area contributed by atoms with Crippen LogP contribution in [-0.4, -0.2) is 20.4 Å². The van der Waals surface area contributed by atoms with Crippen LogP contribution in [0.3, 0.4) is 0 Å². The lowest BCUT2D eigenvalue weighted by Crippen LogP contribution is -2.47. The summed E-state index contributed by atoms with van der Waals surface area (Å²) in [7, 11) is -3.89. The molecule has 0 radical (unpaired) electrons. The summed E-state index contributed by atoms with van der Waals surface area (Å²) in [5.41, 5.74) is 7.72. The molecule has 106 valence electrons. The highest BCUT2D eigenvalue weighted by Crippen LogP contribution is 2.20. The fraction of sp³-hybridized carbons (Fsp3) is 0.364. The number of nitrogens with two attached hydrogens (primary N) is 2. The Balaban J connectivity index is 3.14. The summed E-state index contributed by atoms with van der Waals surface area (Å²) in [6.07, 6.45) is 0. The zero-order valence-electron chi connectivity index (χ0n) is 10.8. The Labute approximate surface area is 112 Å². The van der Waals surface area contributed by atoms with E-state index < -0.39 is 22.0 Å². The van der Waals surface area contributed by atoms with Crippen LogP contribution >= 0.6 is 0 Å². The first-order valence-corrected chi connectivity index (χ1v) is 7.15. The normalized spacial score (nSPS) is 13.3. The van der Waals surface area contributed by atoms with Gasteiger partial charge < -0.3 is 11.2 Å². The molecule has 0 fully saturated rings. The molecule has 8 heteroatoms. The SMILES string of the molecule is CC(C)C(NS(=O)(=O)c1ccccc1NN)C(N)=O. The second-order valence-corrected chi connectivity index (χ2v) is 6.07. The molecule has 0 heterocycles. The summed E-state index contributed by atoms with van der Waals surface area (Å²) >= 11 is 0. The van der Waals surface area contributed by atoms with Gasteiger partial charge in [0.25, 0.3) is 0 Å². The van der Waals surface area contributed by atoms with Gasteiger partial charge in [0.2, 0.25) is 15.9 Å². The third kappa shape index (κ3) is 3.66. The van der Waals surface area contributed by atoms with Gasteiger partial charge in [-0.15, -0.1) is 0 Å². The van der Waals surface area contributed by atoms with Crippen molar-refractivity contribution in [2.75, 3.05) is 5.43 Å². The number of anilines is 1. The number of carbonyl (C=O) groups excluding carboxylic acids is 1. The van der Waals surface area contributed by atoms with E-state index in [0.29, 0.717) is 0 Å². The summed E-state index contributed by atoms with van der Waals surface area (Å²) in [6.45, 7) is 3.40. The fourth-order valence-corrected chi connectivity index (χ4v) is 3.10. The third-order valence-corrected chi connectivity index (χ3v) is 4.09. The molecule has 0 aliphatic rings. The zero-order chi connectivity index (χ0) is 14.6. The predicted octanol–water partition coefficient (Wildman–Crippen LogP) is -0.240. The maximum Gasteiger partial charge on any atom is 0.243 e. The summed E-state index contributed by atoms with van der Waals surface area (Å²) in [4.78, 5) is 11.2. The van der Waals surface area contributed by atoms with Crippen molar-refractivity contribution in [3.63, 3.8) is 0 Å². The molecule has 0 bridgehead atoms. The van der Waals surface area contributed by atoms with Gasteiger partial charge in [-0.25, -0.2) is 8.42 Å². The van der Waals surface area contributed by atoms with Crippen LogP contribution in [0.2, 0.25) is 0 Å². The molecular weight excluding hydrogens is 268 g/mol. The number of amides is 1. The Bertz CT molecular complexity index is 557. The Morgan fingerprint density at radius 3 is 2.32 bits per heavy atom. The van der Waals surface area contributed by atoms with Crippen LogP contribution in [-0.2, 0) is 14.8 Å².